The van der Waals surface area contributed by atoms with Gasteiger partial charge in [0.2, 0.25) is 16.9 Å². The summed E-state index contributed by atoms with van der Waals surface area (Å²) in [6, 6.07) is 12.1. The minimum absolute atomic E-state index is 0.00466. The van der Waals surface area contributed by atoms with Crippen LogP contribution in [0.15, 0.2) is 42.5 Å². The number of amides is 3. The van der Waals surface area contributed by atoms with Gasteiger partial charge in [-0.15, -0.1) is 10.2 Å². The van der Waals surface area contributed by atoms with Gasteiger partial charge < -0.3 is 10.2 Å². The summed E-state index contributed by atoms with van der Waals surface area (Å²) in [6.07, 6.45) is 0.318. The molecule has 0 unspecified atom stereocenters. The zero-order valence-corrected chi connectivity index (χ0v) is 19.0. The van der Waals surface area contributed by atoms with Crippen LogP contribution in [0.3, 0.4) is 0 Å². The van der Waals surface area contributed by atoms with Crippen LogP contribution in [0.2, 0.25) is 5.02 Å². The highest BCUT2D eigenvalue weighted by Crippen LogP contribution is 2.35. The van der Waals surface area contributed by atoms with Gasteiger partial charge in [-0.3, -0.25) is 19.7 Å². The molecule has 2 heterocycles. The smallest absolute Gasteiger partial charge is 0.257 e. The standard InChI is InChI=1S/C22H20ClN5O3S/c1-12-3-8-17(10-18(12)23)28-11-15(9-19(28)30)21-26-27-22(32-21)25-20(31)14-4-6-16(7-5-14)24-13(2)29/h3-8,10,15H,9,11H2,1-2H3,(H,24,29)(H,25,27,31)/t15-/m1/s1. The Labute approximate surface area is 193 Å². The third-order valence-electron chi connectivity index (χ3n) is 5.07. The molecule has 3 amide bonds. The van der Waals surface area contributed by atoms with Crippen LogP contribution in [-0.2, 0) is 9.59 Å². The van der Waals surface area contributed by atoms with Crippen LogP contribution in [0.1, 0.15) is 40.2 Å². The number of hydrogen-bond acceptors (Lipinski definition) is 6. The Hall–Kier alpha value is -3.30. The molecule has 164 valence electrons. The van der Waals surface area contributed by atoms with E-state index in [9.17, 15) is 14.4 Å². The van der Waals surface area contributed by atoms with Crippen LogP contribution in [-0.4, -0.2) is 34.5 Å². The molecule has 1 atom stereocenters. The number of aromatic nitrogens is 2. The first-order chi connectivity index (χ1) is 15.3. The van der Waals surface area contributed by atoms with E-state index in [4.69, 9.17) is 11.6 Å². The lowest BCUT2D eigenvalue weighted by Gasteiger charge is -2.17. The summed E-state index contributed by atoms with van der Waals surface area (Å²) in [6.45, 7) is 3.81. The van der Waals surface area contributed by atoms with Crippen LogP contribution in [0.5, 0.6) is 0 Å². The maximum atomic E-state index is 12.6. The summed E-state index contributed by atoms with van der Waals surface area (Å²) < 4.78 is 0. The minimum atomic E-state index is -0.333. The van der Waals surface area contributed by atoms with Gasteiger partial charge in [0.25, 0.3) is 5.91 Å². The zero-order valence-electron chi connectivity index (χ0n) is 17.4. The number of nitrogens with one attached hydrogen (secondary N) is 2. The molecule has 0 spiro atoms. The summed E-state index contributed by atoms with van der Waals surface area (Å²) >= 11 is 7.46. The van der Waals surface area contributed by atoms with E-state index >= 15 is 0 Å². The molecular weight excluding hydrogens is 450 g/mol. The van der Waals surface area contributed by atoms with Gasteiger partial charge in [-0.05, 0) is 48.9 Å². The van der Waals surface area contributed by atoms with Crippen molar-refractivity contribution in [2.24, 2.45) is 0 Å². The fraction of sp³-hybridized carbons (Fsp3) is 0.227. The second-order valence-electron chi connectivity index (χ2n) is 7.50. The highest BCUT2D eigenvalue weighted by Gasteiger charge is 2.34. The first-order valence-corrected chi connectivity index (χ1v) is 11.1. The van der Waals surface area contributed by atoms with Crippen LogP contribution in [0, 0.1) is 6.92 Å². The summed E-state index contributed by atoms with van der Waals surface area (Å²) in [5, 5.41) is 15.3. The van der Waals surface area contributed by atoms with Crippen molar-refractivity contribution in [2.75, 3.05) is 22.1 Å². The van der Waals surface area contributed by atoms with Crippen molar-refractivity contribution in [1.29, 1.82) is 0 Å². The first-order valence-electron chi connectivity index (χ1n) is 9.89. The Balaban J connectivity index is 1.41. The van der Waals surface area contributed by atoms with E-state index in [1.807, 2.05) is 19.1 Å². The lowest BCUT2D eigenvalue weighted by atomic mass is 10.1. The molecule has 2 aromatic carbocycles. The molecule has 1 saturated heterocycles. The number of halogens is 1. The maximum absolute atomic E-state index is 12.6. The number of nitrogens with zero attached hydrogens (tertiary/aromatic N) is 3. The fourth-order valence-electron chi connectivity index (χ4n) is 3.40. The normalized spacial score (nSPS) is 15.7. The molecule has 3 aromatic rings. The summed E-state index contributed by atoms with van der Waals surface area (Å²) in [5.41, 5.74) is 2.74. The number of aryl methyl sites for hydroxylation is 1. The van der Waals surface area contributed by atoms with Crippen molar-refractivity contribution in [1.82, 2.24) is 10.2 Å². The molecule has 0 radical (unpaired) electrons. The number of benzene rings is 2. The Bertz CT molecular complexity index is 1190. The van der Waals surface area contributed by atoms with Crippen LogP contribution < -0.4 is 15.5 Å². The predicted octanol–water partition coefficient (Wildman–Crippen LogP) is 4.23. The molecule has 1 fully saturated rings. The van der Waals surface area contributed by atoms with E-state index < -0.39 is 0 Å². The van der Waals surface area contributed by atoms with Gasteiger partial charge in [0.15, 0.2) is 0 Å². The summed E-state index contributed by atoms with van der Waals surface area (Å²) in [7, 11) is 0. The second-order valence-corrected chi connectivity index (χ2v) is 8.91. The minimum Gasteiger partial charge on any atom is -0.326 e. The third kappa shape index (κ3) is 4.79. The van der Waals surface area contributed by atoms with E-state index in [1.165, 1.54) is 18.3 Å². The van der Waals surface area contributed by atoms with E-state index in [0.717, 1.165) is 11.3 Å². The average Bonchev–Trinajstić information content (AvgIpc) is 3.36. The Morgan fingerprint density at radius 3 is 2.56 bits per heavy atom. The monoisotopic (exact) mass is 469 g/mol. The molecule has 1 aromatic heterocycles. The second kappa shape index (κ2) is 9.05. The van der Waals surface area contributed by atoms with Crippen LogP contribution in [0.25, 0.3) is 0 Å². The van der Waals surface area contributed by atoms with Gasteiger partial charge >= 0.3 is 0 Å². The lowest BCUT2D eigenvalue weighted by molar-refractivity contribution is -0.117. The van der Waals surface area contributed by atoms with Crippen molar-refractivity contribution in [3.8, 4) is 0 Å². The number of carbonyl (C=O) groups is 3. The van der Waals surface area contributed by atoms with Crippen molar-refractivity contribution < 1.29 is 14.4 Å². The van der Waals surface area contributed by atoms with Crippen molar-refractivity contribution >= 4 is 57.2 Å². The Morgan fingerprint density at radius 1 is 1.12 bits per heavy atom. The molecule has 0 aliphatic carbocycles. The van der Waals surface area contributed by atoms with Gasteiger partial charge in [-0.2, -0.15) is 0 Å². The molecule has 4 rings (SSSR count). The zero-order chi connectivity index (χ0) is 22.8. The quantitative estimate of drug-likeness (QED) is 0.581. The summed E-state index contributed by atoms with van der Waals surface area (Å²) in [4.78, 5) is 37.9. The molecule has 1 aliphatic heterocycles. The van der Waals surface area contributed by atoms with Crippen LogP contribution >= 0.6 is 22.9 Å². The van der Waals surface area contributed by atoms with Gasteiger partial charge in [-0.25, -0.2) is 0 Å². The van der Waals surface area contributed by atoms with E-state index in [-0.39, 0.29) is 23.6 Å². The molecule has 32 heavy (non-hydrogen) atoms. The number of anilines is 3. The molecule has 0 bridgehead atoms. The van der Waals surface area contributed by atoms with Crippen molar-refractivity contribution in [2.45, 2.75) is 26.2 Å². The SMILES string of the molecule is CC(=O)Nc1ccc(C(=O)Nc2nnc([C@@H]3CC(=O)N(c4ccc(C)c(Cl)c4)C3)s2)cc1. The number of rotatable bonds is 5. The van der Waals surface area contributed by atoms with Crippen molar-refractivity contribution in [3.63, 3.8) is 0 Å². The molecule has 10 heteroatoms. The molecule has 1 aliphatic rings. The Kier molecular flexibility index (Phi) is 6.20. The fourth-order valence-corrected chi connectivity index (χ4v) is 4.40. The maximum Gasteiger partial charge on any atom is 0.257 e. The molecule has 8 nitrogen and oxygen atoms in total. The third-order valence-corrected chi connectivity index (χ3v) is 6.48. The van der Waals surface area contributed by atoms with Crippen LogP contribution in [0.4, 0.5) is 16.5 Å². The van der Waals surface area contributed by atoms with Gasteiger partial charge in [0, 0.05) is 47.8 Å². The Morgan fingerprint density at radius 2 is 1.88 bits per heavy atom. The molecule has 0 saturated carbocycles. The van der Waals surface area contributed by atoms with Gasteiger partial charge in [0.1, 0.15) is 5.01 Å². The highest BCUT2D eigenvalue weighted by atomic mass is 35.5. The van der Waals surface area contributed by atoms with Crippen molar-refractivity contribution in [3.05, 3.63) is 63.6 Å². The topological polar surface area (TPSA) is 104 Å². The number of hydrogen-bond donors (Lipinski definition) is 2. The summed E-state index contributed by atoms with van der Waals surface area (Å²) in [5.74, 6) is -0.629. The van der Waals surface area contributed by atoms with E-state index in [1.54, 1.807) is 35.2 Å². The van der Waals surface area contributed by atoms with Gasteiger partial charge in [0.05, 0.1) is 0 Å². The number of carbonyl (C=O) groups excluding carboxylic acids is 3. The van der Waals surface area contributed by atoms with E-state index in [0.29, 0.717) is 39.4 Å². The average molecular weight is 470 g/mol. The van der Waals surface area contributed by atoms with E-state index in [2.05, 4.69) is 20.8 Å². The molecular formula is C22H20ClN5O3S. The largest absolute Gasteiger partial charge is 0.326 e. The van der Waals surface area contributed by atoms with Gasteiger partial charge in [-0.1, -0.05) is 29.0 Å². The molecule has 2 N–H and O–H groups in total. The first kappa shape index (κ1) is 21.9. The lowest BCUT2D eigenvalue weighted by Crippen LogP contribution is -2.24. The predicted molar refractivity (Wildman–Crippen MR) is 125 cm³/mol. The highest BCUT2D eigenvalue weighted by molar-refractivity contribution is 7.15.